The molecule has 1 heterocycles. The number of amides is 1. The zero-order valence-corrected chi connectivity index (χ0v) is 9.69. The maximum absolute atomic E-state index is 11.3. The first kappa shape index (κ1) is 10.4. The summed E-state index contributed by atoms with van der Waals surface area (Å²) in [6, 6.07) is 0. The highest BCUT2D eigenvalue weighted by Gasteiger charge is 2.18. The van der Waals surface area contributed by atoms with Gasteiger partial charge in [-0.05, 0) is 33.1 Å². The lowest BCUT2D eigenvalue weighted by Gasteiger charge is -2.07. The van der Waals surface area contributed by atoms with E-state index in [0.29, 0.717) is 5.13 Å². The van der Waals surface area contributed by atoms with E-state index in [1.165, 1.54) is 11.3 Å². The molecule has 1 aromatic rings. The quantitative estimate of drug-likeness (QED) is 0.843. The number of carbonyl (C=O) groups excluding carboxylic acids is 1. The van der Waals surface area contributed by atoms with Gasteiger partial charge in [-0.3, -0.25) is 5.32 Å². The average Bonchev–Trinajstić information content (AvgIpc) is 2.60. The van der Waals surface area contributed by atoms with Gasteiger partial charge in [-0.25, -0.2) is 9.78 Å². The van der Waals surface area contributed by atoms with E-state index in [1.54, 1.807) is 11.3 Å². The SMILES string of the molecule is CC(C)OC(=O)Nc1nc2c(s1)CCC2. The number of nitrogens with one attached hydrogen (secondary N) is 1. The molecule has 0 aromatic carbocycles. The minimum absolute atomic E-state index is 0.100. The van der Waals surface area contributed by atoms with E-state index in [4.69, 9.17) is 4.74 Å². The van der Waals surface area contributed by atoms with Gasteiger partial charge in [0.15, 0.2) is 5.13 Å². The van der Waals surface area contributed by atoms with Crippen LogP contribution in [-0.4, -0.2) is 17.2 Å². The van der Waals surface area contributed by atoms with Crippen molar-refractivity contribution in [1.29, 1.82) is 0 Å². The van der Waals surface area contributed by atoms with Crippen LogP contribution >= 0.6 is 11.3 Å². The first-order valence-corrected chi connectivity index (χ1v) is 5.93. The van der Waals surface area contributed by atoms with Crippen LogP contribution in [0.25, 0.3) is 0 Å². The van der Waals surface area contributed by atoms with Crippen LogP contribution in [0.5, 0.6) is 0 Å². The van der Waals surface area contributed by atoms with Crippen LogP contribution < -0.4 is 5.32 Å². The molecule has 1 aromatic heterocycles. The minimum Gasteiger partial charge on any atom is -0.447 e. The molecule has 15 heavy (non-hydrogen) atoms. The van der Waals surface area contributed by atoms with E-state index in [-0.39, 0.29) is 6.10 Å². The summed E-state index contributed by atoms with van der Waals surface area (Å²) in [5.74, 6) is 0. The molecule has 1 aliphatic carbocycles. The van der Waals surface area contributed by atoms with E-state index in [2.05, 4.69) is 10.3 Å². The highest BCUT2D eigenvalue weighted by Crippen LogP contribution is 2.30. The van der Waals surface area contributed by atoms with Crippen molar-refractivity contribution in [3.8, 4) is 0 Å². The van der Waals surface area contributed by atoms with Crippen LogP contribution in [0, 0.1) is 0 Å². The van der Waals surface area contributed by atoms with E-state index < -0.39 is 6.09 Å². The Morgan fingerprint density at radius 1 is 1.53 bits per heavy atom. The second-order valence-electron chi connectivity index (χ2n) is 3.82. The number of carbonyl (C=O) groups is 1. The zero-order valence-electron chi connectivity index (χ0n) is 8.87. The van der Waals surface area contributed by atoms with Gasteiger partial charge in [0, 0.05) is 4.88 Å². The fraction of sp³-hybridized carbons (Fsp3) is 0.600. The predicted octanol–water partition coefficient (Wildman–Crippen LogP) is 2.59. The van der Waals surface area contributed by atoms with Crippen LogP contribution in [0.3, 0.4) is 0 Å². The lowest BCUT2D eigenvalue weighted by molar-refractivity contribution is 0.130. The number of hydrogen-bond acceptors (Lipinski definition) is 4. The van der Waals surface area contributed by atoms with Crippen molar-refractivity contribution in [1.82, 2.24) is 4.98 Å². The fourth-order valence-corrected chi connectivity index (χ4v) is 2.61. The highest BCUT2D eigenvalue weighted by atomic mass is 32.1. The van der Waals surface area contributed by atoms with E-state index in [9.17, 15) is 4.79 Å². The largest absolute Gasteiger partial charge is 0.447 e. The molecule has 2 rings (SSSR count). The molecule has 0 aliphatic heterocycles. The third-order valence-corrected chi connectivity index (χ3v) is 3.22. The lowest BCUT2D eigenvalue weighted by atomic mass is 10.4. The van der Waals surface area contributed by atoms with Crippen molar-refractivity contribution in [2.45, 2.75) is 39.2 Å². The monoisotopic (exact) mass is 226 g/mol. The third-order valence-electron chi connectivity index (χ3n) is 2.15. The number of nitrogens with zero attached hydrogens (tertiary/aromatic N) is 1. The smallest absolute Gasteiger partial charge is 0.413 e. The van der Waals surface area contributed by atoms with Gasteiger partial charge in [0.25, 0.3) is 0 Å². The molecule has 0 atom stereocenters. The molecule has 0 unspecified atom stereocenters. The summed E-state index contributed by atoms with van der Waals surface area (Å²) in [5, 5.41) is 3.31. The van der Waals surface area contributed by atoms with Crippen LogP contribution in [-0.2, 0) is 17.6 Å². The van der Waals surface area contributed by atoms with Gasteiger partial charge >= 0.3 is 6.09 Å². The Morgan fingerprint density at radius 2 is 2.33 bits per heavy atom. The van der Waals surface area contributed by atoms with Crippen LogP contribution in [0.2, 0.25) is 0 Å². The molecule has 4 nitrogen and oxygen atoms in total. The van der Waals surface area contributed by atoms with E-state index >= 15 is 0 Å². The summed E-state index contributed by atoms with van der Waals surface area (Å²) in [7, 11) is 0. The minimum atomic E-state index is -0.419. The van der Waals surface area contributed by atoms with Crippen LogP contribution in [0.1, 0.15) is 30.8 Å². The zero-order chi connectivity index (χ0) is 10.8. The molecule has 0 radical (unpaired) electrons. The summed E-state index contributed by atoms with van der Waals surface area (Å²) in [4.78, 5) is 16.9. The summed E-state index contributed by atoms with van der Waals surface area (Å²) < 4.78 is 4.97. The third kappa shape index (κ3) is 2.47. The molecular formula is C10H14N2O2S. The Balaban J connectivity index is 1.96. The van der Waals surface area contributed by atoms with Crippen molar-refractivity contribution in [3.63, 3.8) is 0 Å². The predicted molar refractivity (Wildman–Crippen MR) is 59.4 cm³/mol. The van der Waals surface area contributed by atoms with Gasteiger partial charge in [-0.2, -0.15) is 0 Å². The van der Waals surface area contributed by atoms with Crippen molar-refractivity contribution in [3.05, 3.63) is 10.6 Å². The molecule has 1 aliphatic rings. The Labute approximate surface area is 92.7 Å². The first-order valence-electron chi connectivity index (χ1n) is 5.11. The summed E-state index contributed by atoms with van der Waals surface area (Å²) >= 11 is 1.55. The normalized spacial score (nSPS) is 14.1. The molecule has 0 bridgehead atoms. The van der Waals surface area contributed by atoms with Gasteiger partial charge in [0.1, 0.15) is 0 Å². The molecule has 0 fully saturated rings. The Bertz CT molecular complexity index is 352. The van der Waals surface area contributed by atoms with Crippen molar-refractivity contribution in [2.24, 2.45) is 0 Å². The molecular weight excluding hydrogens is 212 g/mol. The van der Waals surface area contributed by atoms with Crippen LogP contribution in [0.15, 0.2) is 0 Å². The number of anilines is 1. The van der Waals surface area contributed by atoms with Gasteiger partial charge in [0.2, 0.25) is 0 Å². The van der Waals surface area contributed by atoms with Gasteiger partial charge < -0.3 is 4.74 Å². The Kier molecular flexibility index (Phi) is 2.90. The molecule has 0 spiro atoms. The van der Waals surface area contributed by atoms with Crippen molar-refractivity contribution >= 4 is 22.6 Å². The average molecular weight is 226 g/mol. The summed E-state index contributed by atoms with van der Waals surface area (Å²) in [6.45, 7) is 3.64. The number of aryl methyl sites for hydroxylation is 2. The second kappa shape index (κ2) is 4.18. The molecule has 0 saturated carbocycles. The first-order chi connectivity index (χ1) is 7.15. The molecule has 1 amide bonds. The van der Waals surface area contributed by atoms with Gasteiger partial charge in [-0.15, -0.1) is 11.3 Å². The highest BCUT2D eigenvalue weighted by molar-refractivity contribution is 7.15. The number of hydrogen-bond donors (Lipinski definition) is 1. The topological polar surface area (TPSA) is 51.2 Å². The second-order valence-corrected chi connectivity index (χ2v) is 4.91. The van der Waals surface area contributed by atoms with E-state index in [0.717, 1.165) is 18.5 Å². The van der Waals surface area contributed by atoms with Gasteiger partial charge in [0.05, 0.1) is 11.8 Å². The standard InChI is InChI=1S/C10H14N2O2S/c1-6(2)14-10(13)12-9-11-7-4-3-5-8(7)15-9/h6H,3-5H2,1-2H3,(H,11,12,13). The van der Waals surface area contributed by atoms with Gasteiger partial charge in [-0.1, -0.05) is 0 Å². The molecule has 82 valence electrons. The Morgan fingerprint density at radius 3 is 3.00 bits per heavy atom. The summed E-state index contributed by atoms with van der Waals surface area (Å²) in [5.41, 5.74) is 1.14. The number of aromatic nitrogens is 1. The van der Waals surface area contributed by atoms with Crippen LogP contribution in [0.4, 0.5) is 9.93 Å². The number of thiazole rings is 1. The van der Waals surface area contributed by atoms with E-state index in [1.807, 2.05) is 13.8 Å². The Hall–Kier alpha value is -1.10. The number of ether oxygens (including phenoxy) is 1. The van der Waals surface area contributed by atoms with Crippen molar-refractivity contribution in [2.75, 3.05) is 5.32 Å². The molecule has 5 heteroatoms. The maximum atomic E-state index is 11.3. The fourth-order valence-electron chi connectivity index (χ4n) is 1.57. The summed E-state index contributed by atoms with van der Waals surface area (Å²) in [6.07, 6.45) is 2.79. The van der Waals surface area contributed by atoms with Crippen molar-refractivity contribution < 1.29 is 9.53 Å². The molecule has 1 N–H and O–H groups in total. The molecule has 0 saturated heterocycles. The number of fused-ring (bicyclic) bond motifs is 1. The maximum Gasteiger partial charge on any atom is 0.413 e. The number of rotatable bonds is 2. The lowest BCUT2D eigenvalue weighted by Crippen LogP contribution is -2.17.